The van der Waals surface area contributed by atoms with Gasteiger partial charge >= 0.3 is 6.09 Å². The first kappa shape index (κ1) is 27.2. The highest BCUT2D eigenvalue weighted by Gasteiger charge is 2.30. The van der Waals surface area contributed by atoms with Crippen LogP contribution in [0.25, 0.3) is 0 Å². The predicted octanol–water partition coefficient (Wildman–Crippen LogP) is 4.01. The van der Waals surface area contributed by atoms with E-state index in [0.29, 0.717) is 38.5 Å². The molecule has 35 heavy (non-hydrogen) atoms. The zero-order valence-corrected chi connectivity index (χ0v) is 22.2. The molecule has 10 heteroatoms. The van der Waals surface area contributed by atoms with E-state index >= 15 is 0 Å². The summed E-state index contributed by atoms with van der Waals surface area (Å²) >= 11 is -1.30. The fraction of sp³-hybridized carbons (Fsp3) is 0.560. The first-order valence-electron chi connectivity index (χ1n) is 11.8. The van der Waals surface area contributed by atoms with Crippen LogP contribution in [0.2, 0.25) is 0 Å². The molecule has 8 nitrogen and oxygen atoms in total. The Kier molecular flexibility index (Phi) is 8.61. The van der Waals surface area contributed by atoms with Crippen LogP contribution >= 0.6 is 0 Å². The number of piperazine rings is 1. The van der Waals surface area contributed by atoms with Crippen molar-refractivity contribution in [2.24, 2.45) is 0 Å². The standard InChI is InChI=1S/C25H36FN5O3S/c1-24(2,3)34-23(32)31-13-11-30(12-14-31)22-27-16-18(17-28-22)15-21(29-35(33)25(4,5)6)19-7-9-20(26)10-8-19/h7-10,16-17,21,29H,11-15H2,1-6H3/t21-,35-/m0/s1. The summed E-state index contributed by atoms with van der Waals surface area (Å²) in [6.07, 6.45) is 3.72. The SMILES string of the molecule is CC(C)(C)OC(=O)N1CCN(c2ncc(C[C@H](N[S@@+]([O-])C(C)(C)C)c3ccc(F)cc3)cn2)CC1. The fourth-order valence-electron chi connectivity index (χ4n) is 3.50. The average molecular weight is 506 g/mol. The lowest BCUT2D eigenvalue weighted by atomic mass is 10.0. The third kappa shape index (κ3) is 8.05. The fourth-order valence-corrected chi connectivity index (χ4v) is 4.33. The third-order valence-electron chi connectivity index (χ3n) is 5.42. The van der Waals surface area contributed by atoms with Gasteiger partial charge in [0.1, 0.15) is 16.2 Å². The maximum Gasteiger partial charge on any atom is 0.410 e. The van der Waals surface area contributed by atoms with Gasteiger partial charge in [-0.2, -0.15) is 0 Å². The van der Waals surface area contributed by atoms with Crippen LogP contribution in [0.4, 0.5) is 15.1 Å². The molecule has 0 bridgehead atoms. The van der Waals surface area contributed by atoms with Crippen molar-refractivity contribution in [2.45, 2.75) is 64.4 Å². The molecule has 2 atom stereocenters. The smallest absolute Gasteiger partial charge is 0.410 e. The highest BCUT2D eigenvalue weighted by molar-refractivity contribution is 7.90. The van der Waals surface area contributed by atoms with Gasteiger partial charge in [-0.05, 0) is 71.2 Å². The highest BCUT2D eigenvalue weighted by Crippen LogP contribution is 2.24. The quantitative estimate of drug-likeness (QED) is 0.593. The van der Waals surface area contributed by atoms with Gasteiger partial charge in [-0.15, -0.1) is 4.72 Å². The van der Waals surface area contributed by atoms with Crippen molar-refractivity contribution in [3.8, 4) is 0 Å². The van der Waals surface area contributed by atoms with E-state index in [1.54, 1.807) is 29.4 Å². The van der Waals surface area contributed by atoms with Crippen molar-refractivity contribution in [2.75, 3.05) is 31.1 Å². The maximum atomic E-state index is 13.5. The van der Waals surface area contributed by atoms with E-state index in [0.717, 1.165) is 11.1 Å². The Labute approximate surface area is 210 Å². The Morgan fingerprint density at radius 1 is 1.09 bits per heavy atom. The van der Waals surface area contributed by atoms with Gasteiger partial charge in [0.15, 0.2) is 0 Å². The molecule has 192 valence electrons. The van der Waals surface area contributed by atoms with Crippen LogP contribution in [-0.2, 0) is 22.5 Å². The van der Waals surface area contributed by atoms with Gasteiger partial charge in [0.25, 0.3) is 0 Å². The molecule has 2 heterocycles. The highest BCUT2D eigenvalue weighted by atomic mass is 32.2. The number of carbonyl (C=O) groups excluding carboxylic acids is 1. The Morgan fingerprint density at radius 2 is 1.66 bits per heavy atom. The number of ether oxygens (including phenoxy) is 1. The van der Waals surface area contributed by atoms with Gasteiger partial charge in [0, 0.05) is 49.9 Å². The lowest BCUT2D eigenvalue weighted by Crippen LogP contribution is -2.50. The number of aromatic nitrogens is 2. The molecule has 1 amide bonds. The summed E-state index contributed by atoms with van der Waals surface area (Å²) in [5.41, 5.74) is 1.19. The number of hydrogen-bond acceptors (Lipinski definition) is 7. The third-order valence-corrected chi connectivity index (χ3v) is 7.03. The summed E-state index contributed by atoms with van der Waals surface area (Å²) in [5.74, 6) is 0.283. The molecule has 1 aliphatic rings. The summed E-state index contributed by atoms with van der Waals surface area (Å²) < 4.78 is 34.4. The average Bonchev–Trinajstić information content (AvgIpc) is 2.78. The Bertz CT molecular complexity index is 969. The monoisotopic (exact) mass is 505 g/mol. The maximum absolute atomic E-state index is 13.5. The Morgan fingerprint density at radius 3 is 2.17 bits per heavy atom. The van der Waals surface area contributed by atoms with Crippen molar-refractivity contribution >= 4 is 23.4 Å². The van der Waals surface area contributed by atoms with Crippen LogP contribution in [0, 0.1) is 5.82 Å². The zero-order chi connectivity index (χ0) is 25.8. The first-order chi connectivity index (χ1) is 16.3. The van der Waals surface area contributed by atoms with Gasteiger partial charge < -0.3 is 19.1 Å². The Hall–Kier alpha value is -2.43. The number of anilines is 1. The van der Waals surface area contributed by atoms with E-state index in [-0.39, 0.29) is 18.0 Å². The molecule has 0 saturated carbocycles. The molecule has 0 spiro atoms. The minimum Gasteiger partial charge on any atom is -0.598 e. The van der Waals surface area contributed by atoms with Crippen molar-refractivity contribution in [1.82, 2.24) is 19.6 Å². The van der Waals surface area contributed by atoms with Gasteiger partial charge in [0.2, 0.25) is 5.95 Å². The van der Waals surface area contributed by atoms with Crippen LogP contribution < -0.4 is 9.62 Å². The molecule has 1 fully saturated rings. The second-order valence-electron chi connectivity index (χ2n) is 10.7. The molecule has 1 N–H and O–H groups in total. The van der Waals surface area contributed by atoms with Crippen molar-refractivity contribution in [1.29, 1.82) is 0 Å². The van der Waals surface area contributed by atoms with Gasteiger partial charge in [-0.1, -0.05) is 12.1 Å². The van der Waals surface area contributed by atoms with Crippen LogP contribution in [-0.4, -0.2) is 62.0 Å². The molecular weight excluding hydrogens is 469 g/mol. The topological polar surface area (TPSA) is 93.7 Å². The van der Waals surface area contributed by atoms with Crippen LogP contribution in [0.5, 0.6) is 0 Å². The van der Waals surface area contributed by atoms with Crippen LogP contribution in [0.3, 0.4) is 0 Å². The first-order valence-corrected chi connectivity index (χ1v) is 12.9. The van der Waals surface area contributed by atoms with E-state index in [4.69, 9.17) is 4.74 Å². The van der Waals surface area contributed by atoms with Crippen LogP contribution in [0.15, 0.2) is 36.7 Å². The van der Waals surface area contributed by atoms with E-state index in [1.807, 2.05) is 46.4 Å². The summed E-state index contributed by atoms with van der Waals surface area (Å²) in [7, 11) is 0. The molecule has 1 saturated heterocycles. The summed E-state index contributed by atoms with van der Waals surface area (Å²) in [6, 6.07) is 5.92. The second kappa shape index (κ2) is 11.1. The molecule has 2 aromatic rings. The van der Waals surface area contributed by atoms with E-state index < -0.39 is 21.7 Å². The minimum absolute atomic E-state index is 0.289. The van der Waals surface area contributed by atoms with E-state index in [2.05, 4.69) is 14.7 Å². The van der Waals surface area contributed by atoms with Gasteiger partial charge in [0.05, 0.1) is 6.04 Å². The number of benzene rings is 1. The lowest BCUT2D eigenvalue weighted by Gasteiger charge is -2.35. The molecule has 0 unspecified atom stereocenters. The number of amides is 1. The summed E-state index contributed by atoms with van der Waals surface area (Å²) in [5, 5.41) is 0. The molecular formula is C25H36FN5O3S. The van der Waals surface area contributed by atoms with E-state index in [1.165, 1.54) is 12.1 Å². The number of nitrogens with one attached hydrogen (secondary N) is 1. The predicted molar refractivity (Wildman–Crippen MR) is 136 cm³/mol. The summed E-state index contributed by atoms with van der Waals surface area (Å²) in [4.78, 5) is 25.1. The van der Waals surface area contributed by atoms with Crippen molar-refractivity contribution in [3.05, 3.63) is 53.6 Å². The zero-order valence-electron chi connectivity index (χ0n) is 21.4. The largest absolute Gasteiger partial charge is 0.598 e. The molecule has 3 rings (SSSR count). The van der Waals surface area contributed by atoms with Crippen molar-refractivity contribution < 1.29 is 18.5 Å². The molecule has 0 radical (unpaired) electrons. The van der Waals surface area contributed by atoms with Gasteiger partial charge in [-0.25, -0.2) is 19.2 Å². The van der Waals surface area contributed by atoms with Crippen LogP contribution in [0.1, 0.15) is 58.7 Å². The lowest BCUT2D eigenvalue weighted by molar-refractivity contribution is 0.0240. The normalized spacial score (nSPS) is 16.7. The van der Waals surface area contributed by atoms with Gasteiger partial charge in [-0.3, -0.25) is 0 Å². The molecule has 0 aliphatic carbocycles. The Balaban J connectivity index is 1.64. The molecule has 1 aromatic carbocycles. The second-order valence-corrected chi connectivity index (χ2v) is 12.7. The number of carbonyl (C=O) groups is 1. The number of hydrogen-bond donors (Lipinski definition) is 1. The summed E-state index contributed by atoms with van der Waals surface area (Å²) in [6.45, 7) is 13.6. The number of halogens is 1. The minimum atomic E-state index is -1.30. The van der Waals surface area contributed by atoms with E-state index in [9.17, 15) is 13.7 Å². The molecule has 1 aliphatic heterocycles. The molecule has 1 aromatic heterocycles. The number of rotatable bonds is 6. The van der Waals surface area contributed by atoms with Crippen molar-refractivity contribution in [3.63, 3.8) is 0 Å². The number of nitrogens with zero attached hydrogens (tertiary/aromatic N) is 4.